The molecule has 0 radical (unpaired) electrons. The predicted molar refractivity (Wildman–Crippen MR) is 100.0 cm³/mol. The summed E-state index contributed by atoms with van der Waals surface area (Å²) < 4.78 is 2.02. The fraction of sp³-hybridized carbons (Fsp3) is 0.471. The molecule has 2 N–H and O–H groups in total. The number of hydrogen-bond donors (Lipinski definition) is 2. The van der Waals surface area contributed by atoms with E-state index in [1.807, 2.05) is 11.5 Å². The number of anilines is 1. The third kappa shape index (κ3) is 3.64. The largest absolute Gasteiger partial charge is 2.00 e. The second-order valence-electron chi connectivity index (χ2n) is 6.45. The molecule has 25 heavy (non-hydrogen) atoms. The van der Waals surface area contributed by atoms with Gasteiger partial charge in [-0.25, -0.2) is 9.97 Å². The summed E-state index contributed by atoms with van der Waals surface area (Å²) in [7, 11) is 0. The Bertz CT molecular complexity index is 795. The van der Waals surface area contributed by atoms with Crippen molar-refractivity contribution in [1.82, 2.24) is 14.5 Å². The van der Waals surface area contributed by atoms with Gasteiger partial charge in [0.25, 0.3) is 0 Å². The SMILES string of the molecule is CC1CC(=O)c2c(Cl)nc3c(ncn3C3CC[C-](CO)C3)c2N1.[CH3-].[Sr+2]. The van der Waals surface area contributed by atoms with E-state index in [0.29, 0.717) is 28.8 Å². The molecule has 2 aromatic rings. The first-order valence-corrected chi connectivity index (χ1v) is 8.26. The van der Waals surface area contributed by atoms with Crippen LogP contribution in [-0.4, -0.2) is 83.6 Å². The van der Waals surface area contributed by atoms with Gasteiger partial charge in [0, 0.05) is 18.5 Å². The minimum absolute atomic E-state index is 0. The Hall–Kier alpha value is -0.179. The third-order valence-electron chi connectivity index (χ3n) is 4.80. The molecule has 3 heterocycles. The van der Waals surface area contributed by atoms with Crippen molar-refractivity contribution in [2.24, 2.45) is 0 Å². The molecule has 2 aromatic heterocycles. The number of aliphatic hydroxyl groups excluding tert-OH is 1. The molecule has 0 spiro atoms. The van der Waals surface area contributed by atoms with E-state index in [1.54, 1.807) is 6.33 Å². The van der Waals surface area contributed by atoms with Gasteiger partial charge in [-0.2, -0.15) is 12.8 Å². The number of carbonyl (C=O) groups excluding carboxylic acids is 1. The smallest absolute Gasteiger partial charge is 0.428 e. The van der Waals surface area contributed by atoms with E-state index >= 15 is 0 Å². The van der Waals surface area contributed by atoms with E-state index in [9.17, 15) is 9.90 Å². The number of ketones is 1. The molecule has 2 atom stereocenters. The molecule has 8 heteroatoms. The van der Waals surface area contributed by atoms with Crippen molar-refractivity contribution < 1.29 is 9.90 Å². The second kappa shape index (κ2) is 8.23. The molecular formula is C17H21ClN4O2Sr. The molecule has 2 unspecified atom stereocenters. The van der Waals surface area contributed by atoms with Crippen molar-refractivity contribution in [2.75, 3.05) is 11.9 Å². The Morgan fingerprint density at radius 3 is 2.96 bits per heavy atom. The second-order valence-corrected chi connectivity index (χ2v) is 6.81. The van der Waals surface area contributed by atoms with Gasteiger partial charge in [-0.05, 0) is 6.92 Å². The number of nitrogens with zero attached hydrogens (tertiary/aromatic N) is 3. The number of carbonyl (C=O) groups is 1. The first kappa shape index (κ1) is 21.1. The van der Waals surface area contributed by atoms with Gasteiger partial charge in [-0.15, -0.1) is 0 Å². The fourth-order valence-corrected chi connectivity index (χ4v) is 3.92. The average molecular weight is 436 g/mol. The Kier molecular flexibility index (Phi) is 6.96. The minimum Gasteiger partial charge on any atom is -0.428 e. The van der Waals surface area contributed by atoms with Crippen LogP contribution in [0.3, 0.4) is 0 Å². The number of halogens is 1. The summed E-state index contributed by atoms with van der Waals surface area (Å²) >= 11 is 6.30. The van der Waals surface area contributed by atoms with Crippen LogP contribution < -0.4 is 5.32 Å². The van der Waals surface area contributed by atoms with Crippen LogP contribution in [0.5, 0.6) is 0 Å². The van der Waals surface area contributed by atoms with Crippen LogP contribution in [-0.2, 0) is 0 Å². The van der Waals surface area contributed by atoms with Crippen LogP contribution in [0.1, 0.15) is 49.0 Å². The van der Waals surface area contributed by atoms with Gasteiger partial charge in [-0.1, -0.05) is 24.6 Å². The van der Waals surface area contributed by atoms with E-state index in [1.165, 1.54) is 0 Å². The van der Waals surface area contributed by atoms with Crippen molar-refractivity contribution in [3.8, 4) is 0 Å². The number of aromatic nitrogens is 3. The summed E-state index contributed by atoms with van der Waals surface area (Å²) in [5.74, 6) is 1.17. The van der Waals surface area contributed by atoms with Gasteiger partial charge in [0.1, 0.15) is 10.7 Å². The summed E-state index contributed by atoms with van der Waals surface area (Å²) in [6.45, 7) is 2.11. The molecule has 2 aliphatic rings. The number of rotatable bonds is 2. The topological polar surface area (TPSA) is 80.0 Å². The van der Waals surface area contributed by atoms with E-state index in [2.05, 4.69) is 15.3 Å². The van der Waals surface area contributed by atoms with Crippen LogP contribution in [0.2, 0.25) is 5.15 Å². The molecule has 6 nitrogen and oxygen atoms in total. The van der Waals surface area contributed by atoms with Gasteiger partial charge < -0.3 is 22.4 Å². The van der Waals surface area contributed by atoms with Crippen molar-refractivity contribution in [1.29, 1.82) is 0 Å². The van der Waals surface area contributed by atoms with Gasteiger partial charge in [-0.3, -0.25) is 10.7 Å². The Balaban J connectivity index is 0.00000113. The fourth-order valence-electron chi connectivity index (χ4n) is 3.64. The quantitative estimate of drug-likeness (QED) is 0.430. The normalized spacial score (nSPS) is 22.9. The van der Waals surface area contributed by atoms with Crippen molar-refractivity contribution >= 4 is 79.7 Å². The summed E-state index contributed by atoms with van der Waals surface area (Å²) in [4.78, 5) is 21.2. The molecule has 1 saturated carbocycles. The van der Waals surface area contributed by atoms with E-state index in [4.69, 9.17) is 11.6 Å². The number of fused-ring (bicyclic) bond motifs is 3. The summed E-state index contributed by atoms with van der Waals surface area (Å²) in [5, 5.41) is 12.9. The van der Waals surface area contributed by atoms with E-state index < -0.39 is 0 Å². The predicted octanol–water partition coefficient (Wildman–Crippen LogP) is 2.83. The van der Waals surface area contributed by atoms with Gasteiger partial charge in [0.2, 0.25) is 0 Å². The maximum atomic E-state index is 12.3. The monoisotopic (exact) mass is 436 g/mol. The third-order valence-corrected chi connectivity index (χ3v) is 5.07. The Morgan fingerprint density at radius 1 is 1.52 bits per heavy atom. The Labute approximate surface area is 189 Å². The van der Waals surface area contributed by atoms with Gasteiger partial charge >= 0.3 is 45.5 Å². The number of imidazole rings is 1. The van der Waals surface area contributed by atoms with Crippen LogP contribution >= 0.6 is 11.6 Å². The first-order chi connectivity index (χ1) is 11.1. The van der Waals surface area contributed by atoms with Crippen LogP contribution in [0.25, 0.3) is 11.2 Å². The number of Topliss-reactive ketones (excluding diaryl/α,β-unsaturated/α-hetero) is 1. The van der Waals surface area contributed by atoms with Crippen LogP contribution in [0.4, 0.5) is 5.69 Å². The average Bonchev–Trinajstić information content (AvgIpc) is 3.12. The molecule has 1 aliphatic carbocycles. The summed E-state index contributed by atoms with van der Waals surface area (Å²) in [6, 6.07) is 0.295. The maximum absolute atomic E-state index is 12.3. The molecule has 1 fully saturated rings. The van der Waals surface area contributed by atoms with Gasteiger partial charge in [0.15, 0.2) is 11.4 Å². The molecular weight excluding hydrogens is 415 g/mol. The van der Waals surface area contributed by atoms with Crippen molar-refractivity contribution in [3.63, 3.8) is 0 Å². The number of aliphatic hydroxyl groups is 1. The molecule has 0 amide bonds. The molecule has 0 bridgehead atoms. The number of hydrogen-bond acceptors (Lipinski definition) is 5. The molecule has 0 saturated heterocycles. The summed E-state index contributed by atoms with van der Waals surface area (Å²) in [5.41, 5.74) is 2.55. The zero-order valence-electron chi connectivity index (χ0n) is 14.5. The Morgan fingerprint density at radius 2 is 2.28 bits per heavy atom. The molecule has 130 valence electrons. The number of nitrogens with one attached hydrogen (secondary N) is 1. The molecule has 0 aromatic carbocycles. The van der Waals surface area contributed by atoms with Crippen molar-refractivity contribution in [2.45, 2.75) is 44.7 Å². The first-order valence-electron chi connectivity index (χ1n) is 7.88. The minimum atomic E-state index is 0. The summed E-state index contributed by atoms with van der Waals surface area (Å²) in [6.07, 6.45) is 4.90. The van der Waals surface area contributed by atoms with E-state index in [-0.39, 0.29) is 82.5 Å². The maximum Gasteiger partial charge on any atom is 2.00 e. The van der Waals surface area contributed by atoms with Crippen LogP contribution in [0, 0.1) is 13.3 Å². The molecule has 1 aliphatic heterocycles. The standard InChI is InChI=1S/C16H18ClN4O2.CH3.Sr/c1-8-4-11(23)12-13(19-8)14-16(20-15(12)17)21(7-18-14)10-3-2-9(5-10)6-22;;/h7-8,10,19,22H,2-6H2,1H3;1H3;/q2*-1;+2. The van der Waals surface area contributed by atoms with E-state index in [0.717, 1.165) is 25.2 Å². The van der Waals surface area contributed by atoms with Crippen LogP contribution in [0.15, 0.2) is 6.33 Å². The zero-order chi connectivity index (χ0) is 16.1. The van der Waals surface area contributed by atoms with Gasteiger partial charge in [0.05, 0.1) is 17.6 Å². The number of pyridine rings is 1. The zero-order valence-corrected chi connectivity index (χ0v) is 18.8. The molecule has 4 rings (SSSR count). The van der Waals surface area contributed by atoms with Crippen molar-refractivity contribution in [3.05, 3.63) is 30.4 Å².